The predicted octanol–water partition coefficient (Wildman–Crippen LogP) is 4.32. The van der Waals surface area contributed by atoms with Gasteiger partial charge in [0.25, 0.3) is 0 Å². The fraction of sp³-hybridized carbons (Fsp3) is 0.480. The zero-order valence-electron chi connectivity index (χ0n) is 19.3. The van der Waals surface area contributed by atoms with Gasteiger partial charge >= 0.3 is 12.0 Å². The highest BCUT2D eigenvalue weighted by atomic mass is 16.6. The highest BCUT2D eigenvalue weighted by molar-refractivity contribution is 5.99. The Morgan fingerprint density at radius 2 is 1.81 bits per heavy atom. The number of likely N-dealkylation sites (tertiary alicyclic amines) is 1. The monoisotopic (exact) mass is 439 g/mol. The maximum absolute atomic E-state index is 13.0. The van der Waals surface area contributed by atoms with E-state index in [2.05, 4.69) is 17.6 Å². The van der Waals surface area contributed by atoms with Crippen molar-refractivity contribution in [3.8, 4) is 0 Å². The molecule has 172 valence electrons. The van der Waals surface area contributed by atoms with E-state index in [-0.39, 0.29) is 12.5 Å². The van der Waals surface area contributed by atoms with Crippen LogP contribution in [0.1, 0.15) is 47.0 Å². The SMILES string of the molecule is CCCCCN1C[C@H](C(=O)OC(C)(C)C)[C@H](NC(=O)Nc2ccc3ccccc3c2)C1=O. The second-order valence-electron chi connectivity index (χ2n) is 9.27. The van der Waals surface area contributed by atoms with Gasteiger partial charge in [0.1, 0.15) is 17.6 Å². The molecule has 0 unspecified atom stereocenters. The summed E-state index contributed by atoms with van der Waals surface area (Å²) < 4.78 is 5.53. The highest BCUT2D eigenvalue weighted by Gasteiger charge is 2.46. The number of hydrogen-bond donors (Lipinski definition) is 2. The van der Waals surface area contributed by atoms with Crippen molar-refractivity contribution >= 4 is 34.4 Å². The van der Waals surface area contributed by atoms with E-state index in [1.807, 2.05) is 36.4 Å². The van der Waals surface area contributed by atoms with Gasteiger partial charge < -0.3 is 20.3 Å². The number of nitrogens with zero attached hydrogens (tertiary/aromatic N) is 1. The number of rotatable bonds is 7. The summed E-state index contributed by atoms with van der Waals surface area (Å²) in [4.78, 5) is 40.2. The maximum atomic E-state index is 13.0. The Bertz CT molecular complexity index is 983. The van der Waals surface area contributed by atoms with Crippen molar-refractivity contribution in [1.82, 2.24) is 10.2 Å². The van der Waals surface area contributed by atoms with Gasteiger partial charge in [-0.15, -0.1) is 0 Å². The lowest BCUT2D eigenvalue weighted by molar-refractivity contribution is -0.160. The van der Waals surface area contributed by atoms with Gasteiger partial charge in [-0.2, -0.15) is 0 Å². The highest BCUT2D eigenvalue weighted by Crippen LogP contribution is 2.24. The van der Waals surface area contributed by atoms with Gasteiger partial charge in [0, 0.05) is 18.8 Å². The fourth-order valence-corrected chi connectivity index (χ4v) is 3.88. The van der Waals surface area contributed by atoms with Crippen LogP contribution in [0.2, 0.25) is 0 Å². The second kappa shape index (κ2) is 10.0. The van der Waals surface area contributed by atoms with Crippen LogP contribution in [-0.2, 0) is 14.3 Å². The lowest BCUT2D eigenvalue weighted by Gasteiger charge is -2.24. The molecule has 3 rings (SSSR count). The normalized spacial score (nSPS) is 18.6. The minimum Gasteiger partial charge on any atom is -0.460 e. The lowest BCUT2D eigenvalue weighted by Crippen LogP contribution is -2.48. The number of benzene rings is 2. The molecule has 0 aromatic heterocycles. The predicted molar refractivity (Wildman–Crippen MR) is 125 cm³/mol. The van der Waals surface area contributed by atoms with E-state index in [0.717, 1.165) is 30.0 Å². The van der Waals surface area contributed by atoms with Crippen LogP contribution in [0, 0.1) is 5.92 Å². The Hall–Kier alpha value is -3.09. The lowest BCUT2D eigenvalue weighted by atomic mass is 10.0. The number of unbranched alkanes of at least 4 members (excludes halogenated alkanes) is 2. The zero-order valence-corrected chi connectivity index (χ0v) is 19.3. The molecule has 7 nitrogen and oxygen atoms in total. The minimum absolute atomic E-state index is 0.245. The van der Waals surface area contributed by atoms with Crippen molar-refractivity contribution in [3.63, 3.8) is 0 Å². The summed E-state index contributed by atoms with van der Waals surface area (Å²) >= 11 is 0. The van der Waals surface area contributed by atoms with Gasteiger partial charge in [-0.3, -0.25) is 9.59 Å². The average molecular weight is 440 g/mol. The number of ether oxygens (including phenoxy) is 1. The quantitative estimate of drug-likeness (QED) is 0.497. The molecule has 0 spiro atoms. The standard InChI is InChI=1S/C25H33N3O4/c1-5-6-9-14-28-16-20(23(30)32-25(2,3)4)21(22(28)29)27-24(31)26-19-13-12-17-10-7-8-11-18(17)15-19/h7-8,10-13,15,20-21H,5-6,9,14,16H2,1-4H3,(H2,26,27,31)/t20-,21-/m0/s1. The molecule has 2 aromatic carbocycles. The molecule has 0 bridgehead atoms. The Morgan fingerprint density at radius 3 is 2.50 bits per heavy atom. The number of esters is 1. The molecule has 1 aliphatic heterocycles. The van der Waals surface area contributed by atoms with Crippen molar-refractivity contribution in [2.45, 2.75) is 58.6 Å². The van der Waals surface area contributed by atoms with Gasteiger partial charge in [-0.05, 0) is 50.1 Å². The third-order valence-corrected chi connectivity index (χ3v) is 5.43. The van der Waals surface area contributed by atoms with Crippen LogP contribution in [0.3, 0.4) is 0 Å². The molecule has 2 N–H and O–H groups in total. The van der Waals surface area contributed by atoms with Crippen LogP contribution in [0.25, 0.3) is 10.8 Å². The van der Waals surface area contributed by atoms with Gasteiger partial charge in [0.2, 0.25) is 5.91 Å². The zero-order chi connectivity index (χ0) is 23.3. The van der Waals surface area contributed by atoms with Crippen LogP contribution in [0.4, 0.5) is 10.5 Å². The van der Waals surface area contributed by atoms with Gasteiger partial charge in [0.15, 0.2) is 0 Å². The maximum Gasteiger partial charge on any atom is 0.319 e. The Labute approximate surface area is 189 Å². The number of hydrogen-bond acceptors (Lipinski definition) is 4. The first kappa shape index (κ1) is 23.6. The number of nitrogens with one attached hydrogen (secondary N) is 2. The molecule has 0 radical (unpaired) electrons. The first-order valence-corrected chi connectivity index (χ1v) is 11.3. The molecule has 1 aliphatic rings. The first-order valence-electron chi connectivity index (χ1n) is 11.3. The van der Waals surface area contributed by atoms with Crippen molar-refractivity contribution < 1.29 is 19.1 Å². The summed E-state index contributed by atoms with van der Waals surface area (Å²) in [6.07, 6.45) is 2.90. The average Bonchev–Trinajstić information content (AvgIpc) is 3.02. The van der Waals surface area contributed by atoms with Crippen LogP contribution >= 0.6 is 0 Å². The number of carbonyl (C=O) groups excluding carboxylic acids is 3. The summed E-state index contributed by atoms with van der Waals surface area (Å²) in [5, 5.41) is 7.57. The van der Waals surface area contributed by atoms with E-state index in [4.69, 9.17) is 4.74 Å². The number of carbonyl (C=O) groups is 3. The van der Waals surface area contributed by atoms with Crippen molar-refractivity contribution in [2.24, 2.45) is 5.92 Å². The largest absolute Gasteiger partial charge is 0.460 e. The van der Waals surface area contributed by atoms with Gasteiger partial charge in [-0.1, -0.05) is 50.1 Å². The number of amides is 3. The molecule has 2 aromatic rings. The summed E-state index contributed by atoms with van der Waals surface area (Å²) in [7, 11) is 0. The van der Waals surface area contributed by atoms with E-state index in [9.17, 15) is 14.4 Å². The molecule has 3 amide bonds. The summed E-state index contributed by atoms with van der Waals surface area (Å²) in [5.74, 6) is -1.46. The van der Waals surface area contributed by atoms with E-state index < -0.39 is 29.6 Å². The fourth-order valence-electron chi connectivity index (χ4n) is 3.88. The van der Waals surface area contributed by atoms with E-state index in [0.29, 0.717) is 12.2 Å². The van der Waals surface area contributed by atoms with Gasteiger partial charge in [-0.25, -0.2) is 4.79 Å². The second-order valence-corrected chi connectivity index (χ2v) is 9.27. The Balaban J connectivity index is 1.72. The summed E-state index contributed by atoms with van der Waals surface area (Å²) in [5.41, 5.74) is -0.0616. The molecule has 1 fully saturated rings. The summed E-state index contributed by atoms with van der Waals surface area (Å²) in [6.45, 7) is 8.27. The Morgan fingerprint density at radius 1 is 1.09 bits per heavy atom. The Kier molecular flexibility index (Phi) is 7.38. The molecule has 7 heteroatoms. The third kappa shape index (κ3) is 5.99. The first-order chi connectivity index (χ1) is 15.2. The van der Waals surface area contributed by atoms with E-state index >= 15 is 0 Å². The number of fused-ring (bicyclic) bond motifs is 1. The van der Waals surface area contributed by atoms with Crippen LogP contribution in [0.15, 0.2) is 42.5 Å². The molecular weight excluding hydrogens is 406 g/mol. The molecule has 32 heavy (non-hydrogen) atoms. The minimum atomic E-state index is -0.952. The van der Waals surface area contributed by atoms with Crippen LogP contribution in [-0.4, -0.2) is 47.5 Å². The smallest absolute Gasteiger partial charge is 0.319 e. The molecule has 1 heterocycles. The molecular formula is C25H33N3O4. The van der Waals surface area contributed by atoms with Crippen molar-refractivity contribution in [2.75, 3.05) is 18.4 Å². The molecule has 0 saturated carbocycles. The van der Waals surface area contributed by atoms with Gasteiger partial charge in [0.05, 0.1) is 0 Å². The van der Waals surface area contributed by atoms with E-state index in [1.165, 1.54) is 0 Å². The molecule has 0 aliphatic carbocycles. The topological polar surface area (TPSA) is 87.7 Å². The van der Waals surface area contributed by atoms with Crippen LogP contribution < -0.4 is 10.6 Å². The number of anilines is 1. The summed E-state index contributed by atoms with van der Waals surface area (Å²) in [6, 6.07) is 12.0. The molecule has 1 saturated heterocycles. The molecule has 2 atom stereocenters. The third-order valence-electron chi connectivity index (χ3n) is 5.43. The van der Waals surface area contributed by atoms with Crippen LogP contribution in [0.5, 0.6) is 0 Å². The van der Waals surface area contributed by atoms with Crippen molar-refractivity contribution in [3.05, 3.63) is 42.5 Å². The number of urea groups is 1. The van der Waals surface area contributed by atoms with Crippen molar-refractivity contribution in [1.29, 1.82) is 0 Å². The van der Waals surface area contributed by atoms with E-state index in [1.54, 1.807) is 31.7 Å².